The molecule has 4 N–H and O–H groups in total. The number of hydrogen-bond acceptors (Lipinski definition) is 3. The third-order valence-electron chi connectivity index (χ3n) is 2.64. The van der Waals surface area contributed by atoms with Crippen LogP contribution in [0.3, 0.4) is 0 Å². The lowest BCUT2D eigenvalue weighted by molar-refractivity contribution is -0.123. The Balaban J connectivity index is 2.90. The van der Waals surface area contributed by atoms with Gasteiger partial charge >= 0.3 is 0 Å². The monoisotopic (exact) mass is 240 g/mol. The number of benzene rings is 1. The largest absolute Gasteiger partial charge is 0.508 e. The Bertz CT molecular complexity index is 433. The molecule has 0 heterocycles. The van der Waals surface area contributed by atoms with E-state index in [4.69, 9.17) is 10.8 Å². The van der Waals surface area contributed by atoms with Crippen molar-refractivity contribution < 1.29 is 14.3 Å². The molecule has 1 rings (SSSR count). The summed E-state index contributed by atoms with van der Waals surface area (Å²) in [4.78, 5) is 11.2. The van der Waals surface area contributed by atoms with Gasteiger partial charge in [0, 0.05) is 17.7 Å². The summed E-state index contributed by atoms with van der Waals surface area (Å²) in [6, 6.07) is 3.51. The van der Waals surface area contributed by atoms with Crippen LogP contribution in [0.4, 0.5) is 4.39 Å². The molecule has 0 aliphatic carbocycles. The van der Waals surface area contributed by atoms with E-state index in [2.05, 4.69) is 5.32 Å². The molecule has 1 unspecified atom stereocenters. The lowest BCUT2D eigenvalue weighted by atomic mass is 10.00. The molecule has 0 saturated carbocycles. The highest BCUT2D eigenvalue weighted by atomic mass is 19.1. The van der Waals surface area contributed by atoms with E-state index in [-0.39, 0.29) is 5.75 Å². The molecule has 0 aromatic heterocycles. The van der Waals surface area contributed by atoms with Crippen LogP contribution >= 0.6 is 0 Å². The number of hydrogen-bond donors (Lipinski definition) is 3. The summed E-state index contributed by atoms with van der Waals surface area (Å²) in [6.45, 7) is 4.98. The summed E-state index contributed by atoms with van der Waals surface area (Å²) in [6.07, 6.45) is 0. The molecule has 4 nitrogen and oxygen atoms in total. The number of primary amides is 1. The molecule has 5 heteroatoms. The second-order valence-corrected chi connectivity index (χ2v) is 4.56. The van der Waals surface area contributed by atoms with Crippen molar-refractivity contribution in [3.63, 3.8) is 0 Å². The van der Waals surface area contributed by atoms with Crippen molar-refractivity contribution in [2.75, 3.05) is 0 Å². The van der Waals surface area contributed by atoms with E-state index in [0.29, 0.717) is 5.56 Å². The lowest BCUT2D eigenvalue weighted by Crippen LogP contribution is -2.51. The van der Waals surface area contributed by atoms with Gasteiger partial charge in [-0.15, -0.1) is 0 Å². The Morgan fingerprint density at radius 1 is 1.53 bits per heavy atom. The van der Waals surface area contributed by atoms with Crippen molar-refractivity contribution in [3.05, 3.63) is 29.6 Å². The molecule has 0 bridgehead atoms. The van der Waals surface area contributed by atoms with E-state index in [1.54, 1.807) is 20.8 Å². The predicted molar refractivity (Wildman–Crippen MR) is 62.9 cm³/mol. The van der Waals surface area contributed by atoms with Crippen molar-refractivity contribution >= 4 is 5.91 Å². The fraction of sp³-hybridized carbons (Fsp3) is 0.417. The average molecular weight is 240 g/mol. The highest BCUT2D eigenvalue weighted by molar-refractivity contribution is 5.83. The summed E-state index contributed by atoms with van der Waals surface area (Å²) in [7, 11) is 0. The van der Waals surface area contributed by atoms with Gasteiger partial charge in [-0.25, -0.2) is 4.39 Å². The minimum Gasteiger partial charge on any atom is -0.508 e. The van der Waals surface area contributed by atoms with Crippen LogP contribution < -0.4 is 11.1 Å². The molecule has 0 fully saturated rings. The van der Waals surface area contributed by atoms with Crippen LogP contribution in [-0.4, -0.2) is 16.6 Å². The zero-order chi connectivity index (χ0) is 13.2. The smallest absolute Gasteiger partial charge is 0.237 e. The number of carbonyl (C=O) groups is 1. The standard InChI is InChI=1S/C12H17FN2O2/c1-7(15-12(2,3)11(14)17)9-5-4-8(16)6-10(9)13/h4-7,15-16H,1-3H3,(H2,14,17). The number of halogens is 1. The highest BCUT2D eigenvalue weighted by Crippen LogP contribution is 2.22. The zero-order valence-corrected chi connectivity index (χ0v) is 10.1. The molecule has 17 heavy (non-hydrogen) atoms. The van der Waals surface area contributed by atoms with Crippen molar-refractivity contribution in [1.82, 2.24) is 5.32 Å². The van der Waals surface area contributed by atoms with Crippen LogP contribution in [0.1, 0.15) is 32.4 Å². The van der Waals surface area contributed by atoms with Gasteiger partial charge in [0.05, 0.1) is 5.54 Å². The third-order valence-corrected chi connectivity index (χ3v) is 2.64. The number of nitrogens with two attached hydrogens (primary N) is 1. The van der Waals surface area contributed by atoms with E-state index >= 15 is 0 Å². The summed E-state index contributed by atoms with van der Waals surface area (Å²) < 4.78 is 13.6. The van der Waals surface area contributed by atoms with E-state index < -0.39 is 23.3 Å². The molecule has 0 aliphatic heterocycles. The first-order valence-corrected chi connectivity index (χ1v) is 5.30. The minimum absolute atomic E-state index is 0.132. The second-order valence-electron chi connectivity index (χ2n) is 4.56. The summed E-state index contributed by atoms with van der Waals surface area (Å²) in [5, 5.41) is 12.0. The Labute approximate surface area is 99.6 Å². The number of phenolic OH excluding ortho intramolecular Hbond substituents is 1. The molecule has 0 spiro atoms. The van der Waals surface area contributed by atoms with Gasteiger partial charge in [0.15, 0.2) is 0 Å². The number of nitrogens with one attached hydrogen (secondary N) is 1. The molecule has 0 radical (unpaired) electrons. The van der Waals surface area contributed by atoms with Crippen molar-refractivity contribution in [2.45, 2.75) is 32.4 Å². The van der Waals surface area contributed by atoms with Gasteiger partial charge in [-0.3, -0.25) is 10.1 Å². The number of rotatable bonds is 4. The quantitative estimate of drug-likeness (QED) is 0.745. The predicted octanol–water partition coefficient (Wildman–Crippen LogP) is 1.45. The first-order valence-electron chi connectivity index (χ1n) is 5.30. The summed E-state index contributed by atoms with van der Waals surface area (Å²) in [5.74, 6) is -1.17. The van der Waals surface area contributed by atoms with Gasteiger partial charge in [0.1, 0.15) is 11.6 Å². The molecule has 0 aliphatic rings. The fourth-order valence-electron chi connectivity index (χ4n) is 1.56. The second kappa shape index (κ2) is 4.71. The Morgan fingerprint density at radius 3 is 2.59 bits per heavy atom. The van der Waals surface area contributed by atoms with Crippen molar-refractivity contribution in [2.24, 2.45) is 5.73 Å². The molecular formula is C12H17FN2O2. The van der Waals surface area contributed by atoms with Gasteiger partial charge < -0.3 is 10.8 Å². The van der Waals surface area contributed by atoms with Crippen molar-refractivity contribution in [3.8, 4) is 5.75 Å². The SMILES string of the molecule is CC(NC(C)(C)C(N)=O)c1ccc(O)cc1F. The number of phenols is 1. The first-order chi connectivity index (χ1) is 7.74. The van der Waals surface area contributed by atoms with Crippen molar-refractivity contribution in [1.29, 1.82) is 0 Å². The third kappa shape index (κ3) is 3.17. The number of amides is 1. The Morgan fingerprint density at radius 2 is 2.12 bits per heavy atom. The maximum atomic E-state index is 13.6. The highest BCUT2D eigenvalue weighted by Gasteiger charge is 2.27. The molecule has 1 atom stereocenters. The van der Waals surface area contributed by atoms with Gasteiger partial charge in [-0.2, -0.15) is 0 Å². The van der Waals surface area contributed by atoms with Crippen LogP contribution in [0.2, 0.25) is 0 Å². The first kappa shape index (κ1) is 13.4. The van der Waals surface area contributed by atoms with Gasteiger partial charge in [-0.1, -0.05) is 6.07 Å². The normalized spacial score (nSPS) is 13.4. The molecule has 1 aromatic rings. The zero-order valence-electron chi connectivity index (χ0n) is 10.1. The minimum atomic E-state index is -0.927. The van der Waals surface area contributed by atoms with Crippen LogP contribution in [0.15, 0.2) is 18.2 Å². The van der Waals surface area contributed by atoms with E-state index in [9.17, 15) is 9.18 Å². The van der Waals surface area contributed by atoms with E-state index in [1.165, 1.54) is 12.1 Å². The maximum Gasteiger partial charge on any atom is 0.237 e. The van der Waals surface area contributed by atoms with Gasteiger partial charge in [-0.05, 0) is 26.8 Å². The van der Waals surface area contributed by atoms with Crippen LogP contribution in [0.25, 0.3) is 0 Å². The summed E-state index contributed by atoms with van der Waals surface area (Å²) in [5.41, 5.74) is 4.67. The molecular weight excluding hydrogens is 223 g/mol. The van der Waals surface area contributed by atoms with Crippen LogP contribution in [0, 0.1) is 5.82 Å². The lowest BCUT2D eigenvalue weighted by Gasteiger charge is -2.27. The molecule has 1 aromatic carbocycles. The molecule has 1 amide bonds. The molecule has 94 valence electrons. The number of carbonyl (C=O) groups excluding carboxylic acids is 1. The topological polar surface area (TPSA) is 75.3 Å². The van der Waals surface area contributed by atoms with Crippen LogP contribution in [0.5, 0.6) is 5.75 Å². The Hall–Kier alpha value is -1.62. The summed E-state index contributed by atoms with van der Waals surface area (Å²) >= 11 is 0. The molecule has 0 saturated heterocycles. The van der Waals surface area contributed by atoms with Gasteiger partial charge in [0.2, 0.25) is 5.91 Å². The van der Waals surface area contributed by atoms with E-state index in [0.717, 1.165) is 6.07 Å². The maximum absolute atomic E-state index is 13.6. The van der Waals surface area contributed by atoms with Crippen LogP contribution in [-0.2, 0) is 4.79 Å². The van der Waals surface area contributed by atoms with E-state index in [1.807, 2.05) is 0 Å². The van der Waals surface area contributed by atoms with Gasteiger partial charge in [0.25, 0.3) is 0 Å². The average Bonchev–Trinajstić information content (AvgIpc) is 2.15. The number of aromatic hydroxyl groups is 1. The Kier molecular flexibility index (Phi) is 3.72. The fourth-order valence-corrected chi connectivity index (χ4v) is 1.56.